The van der Waals surface area contributed by atoms with E-state index in [4.69, 9.17) is 9.47 Å². The summed E-state index contributed by atoms with van der Waals surface area (Å²) in [6.07, 6.45) is 1.54. The molecule has 4 rings (SSSR count). The molecular formula is C22H23N5O4S3. The largest absolute Gasteiger partial charge is 0.497 e. The minimum Gasteiger partial charge on any atom is -0.497 e. The SMILES string of the molecule is COc1ccc(CNCc2csc(Nc3ccc(S(=O)(=O)Nc4nccs4)cc3)n2)c(OC)c1. The van der Waals surface area contributed by atoms with Gasteiger partial charge in [0, 0.05) is 47.4 Å². The Morgan fingerprint density at radius 3 is 2.50 bits per heavy atom. The molecule has 0 atom stereocenters. The van der Waals surface area contributed by atoms with Crippen molar-refractivity contribution in [2.24, 2.45) is 0 Å². The van der Waals surface area contributed by atoms with Gasteiger partial charge in [0.2, 0.25) is 0 Å². The average Bonchev–Trinajstić information content (AvgIpc) is 3.51. The third-order valence-electron chi connectivity index (χ3n) is 4.74. The zero-order chi connectivity index (χ0) is 24.0. The van der Waals surface area contributed by atoms with E-state index >= 15 is 0 Å². The monoisotopic (exact) mass is 517 g/mol. The third kappa shape index (κ3) is 6.03. The van der Waals surface area contributed by atoms with Gasteiger partial charge in [0.05, 0.1) is 24.8 Å². The van der Waals surface area contributed by atoms with Crippen LogP contribution in [0.15, 0.2) is 64.3 Å². The smallest absolute Gasteiger partial charge is 0.263 e. The standard InChI is InChI=1S/C22H23N5O4S3/c1-30-18-6-3-15(20(11-18)31-2)12-23-13-17-14-33-22(26-17)25-16-4-7-19(8-5-16)34(28,29)27-21-24-9-10-32-21/h3-11,14,23H,12-13H2,1-2H3,(H,24,27)(H,25,26). The number of sulfonamides is 1. The fourth-order valence-electron chi connectivity index (χ4n) is 3.06. The number of anilines is 3. The van der Waals surface area contributed by atoms with Crippen molar-refractivity contribution >= 4 is 48.6 Å². The van der Waals surface area contributed by atoms with E-state index in [2.05, 4.69) is 25.3 Å². The maximum absolute atomic E-state index is 12.5. The first kappa shape index (κ1) is 24.0. The van der Waals surface area contributed by atoms with Crippen LogP contribution in [0.3, 0.4) is 0 Å². The second kappa shape index (κ2) is 10.8. The summed E-state index contributed by atoms with van der Waals surface area (Å²) in [4.78, 5) is 8.69. The van der Waals surface area contributed by atoms with E-state index in [-0.39, 0.29) is 4.90 Å². The van der Waals surface area contributed by atoms with Crippen LogP contribution in [0.25, 0.3) is 0 Å². The van der Waals surface area contributed by atoms with Crippen molar-refractivity contribution in [2.45, 2.75) is 18.0 Å². The molecule has 3 N–H and O–H groups in total. The summed E-state index contributed by atoms with van der Waals surface area (Å²) in [5.74, 6) is 1.51. The van der Waals surface area contributed by atoms with E-state index < -0.39 is 10.0 Å². The minimum absolute atomic E-state index is 0.159. The molecule has 34 heavy (non-hydrogen) atoms. The predicted octanol–water partition coefficient (Wildman–Crippen LogP) is 4.45. The molecule has 0 unspecified atom stereocenters. The molecule has 0 bridgehead atoms. The summed E-state index contributed by atoms with van der Waals surface area (Å²) in [5.41, 5.74) is 2.66. The molecule has 2 aromatic heterocycles. The lowest BCUT2D eigenvalue weighted by atomic mass is 10.2. The Kier molecular flexibility index (Phi) is 7.63. The molecule has 2 aromatic carbocycles. The van der Waals surface area contributed by atoms with Crippen molar-refractivity contribution in [1.82, 2.24) is 15.3 Å². The van der Waals surface area contributed by atoms with Gasteiger partial charge in [-0.1, -0.05) is 6.07 Å². The fourth-order valence-corrected chi connectivity index (χ4v) is 5.58. The lowest BCUT2D eigenvalue weighted by Gasteiger charge is -2.10. The molecule has 0 fully saturated rings. The van der Waals surface area contributed by atoms with Crippen LogP contribution in [0.5, 0.6) is 11.5 Å². The van der Waals surface area contributed by atoms with Gasteiger partial charge in [-0.15, -0.1) is 22.7 Å². The molecule has 12 heteroatoms. The maximum atomic E-state index is 12.5. The molecule has 0 aliphatic rings. The fraction of sp³-hybridized carbons (Fsp3) is 0.182. The second-order valence-corrected chi connectivity index (χ2v) is 10.5. The molecule has 2 heterocycles. The highest BCUT2D eigenvalue weighted by Gasteiger charge is 2.15. The lowest BCUT2D eigenvalue weighted by molar-refractivity contribution is 0.389. The topological polar surface area (TPSA) is 114 Å². The summed E-state index contributed by atoms with van der Waals surface area (Å²) in [5, 5.41) is 11.3. The zero-order valence-corrected chi connectivity index (χ0v) is 20.9. The van der Waals surface area contributed by atoms with Crippen LogP contribution in [0.4, 0.5) is 16.0 Å². The molecule has 178 valence electrons. The van der Waals surface area contributed by atoms with Gasteiger partial charge in [-0.3, -0.25) is 4.72 Å². The van der Waals surface area contributed by atoms with Crippen molar-refractivity contribution < 1.29 is 17.9 Å². The Bertz CT molecular complexity index is 1320. The Hall–Kier alpha value is -3.19. The predicted molar refractivity (Wildman–Crippen MR) is 135 cm³/mol. The molecule has 0 saturated carbocycles. The summed E-state index contributed by atoms with van der Waals surface area (Å²) in [6.45, 7) is 1.21. The highest BCUT2D eigenvalue weighted by molar-refractivity contribution is 7.93. The van der Waals surface area contributed by atoms with E-state index in [9.17, 15) is 8.42 Å². The zero-order valence-electron chi connectivity index (χ0n) is 18.4. The van der Waals surface area contributed by atoms with E-state index in [0.717, 1.165) is 33.6 Å². The van der Waals surface area contributed by atoms with Gasteiger partial charge in [0.15, 0.2) is 10.3 Å². The highest BCUT2D eigenvalue weighted by Crippen LogP contribution is 2.26. The molecule has 0 amide bonds. The number of benzene rings is 2. The normalized spacial score (nSPS) is 11.2. The number of hydrogen-bond donors (Lipinski definition) is 3. The Morgan fingerprint density at radius 1 is 0.971 bits per heavy atom. The molecule has 0 radical (unpaired) electrons. The Labute approximate surface area is 205 Å². The van der Waals surface area contributed by atoms with Crippen LogP contribution in [-0.4, -0.2) is 32.6 Å². The molecule has 0 spiro atoms. The Balaban J connectivity index is 1.31. The first-order valence-corrected chi connectivity index (χ1v) is 13.4. The molecule has 9 nitrogen and oxygen atoms in total. The van der Waals surface area contributed by atoms with E-state index in [1.165, 1.54) is 34.8 Å². The van der Waals surface area contributed by atoms with Crippen LogP contribution >= 0.6 is 22.7 Å². The first-order valence-electron chi connectivity index (χ1n) is 10.1. The number of nitrogens with zero attached hydrogens (tertiary/aromatic N) is 2. The Morgan fingerprint density at radius 2 is 1.79 bits per heavy atom. The average molecular weight is 518 g/mol. The van der Waals surface area contributed by atoms with E-state index in [0.29, 0.717) is 18.2 Å². The van der Waals surface area contributed by atoms with Crippen LogP contribution < -0.4 is 24.8 Å². The van der Waals surface area contributed by atoms with Crippen molar-refractivity contribution in [2.75, 3.05) is 24.3 Å². The maximum Gasteiger partial charge on any atom is 0.263 e. The van der Waals surface area contributed by atoms with Crippen molar-refractivity contribution in [1.29, 1.82) is 0 Å². The lowest BCUT2D eigenvalue weighted by Crippen LogP contribution is -2.13. The summed E-state index contributed by atoms with van der Waals surface area (Å²) in [6, 6.07) is 12.2. The summed E-state index contributed by atoms with van der Waals surface area (Å²) < 4.78 is 38.0. The molecule has 0 saturated heterocycles. The van der Waals surface area contributed by atoms with Crippen LogP contribution in [0.2, 0.25) is 0 Å². The van der Waals surface area contributed by atoms with E-state index in [1.807, 2.05) is 23.6 Å². The summed E-state index contributed by atoms with van der Waals surface area (Å²) >= 11 is 2.70. The van der Waals surface area contributed by atoms with Crippen LogP contribution in [-0.2, 0) is 23.1 Å². The van der Waals surface area contributed by atoms with Gasteiger partial charge >= 0.3 is 0 Å². The molecule has 4 aromatic rings. The number of hydrogen-bond acceptors (Lipinski definition) is 10. The van der Waals surface area contributed by atoms with Crippen molar-refractivity contribution in [3.05, 3.63) is 70.7 Å². The minimum atomic E-state index is -3.68. The van der Waals surface area contributed by atoms with Gasteiger partial charge in [-0.2, -0.15) is 0 Å². The third-order valence-corrected chi connectivity index (χ3v) is 7.72. The molecular weight excluding hydrogens is 494 g/mol. The number of aromatic nitrogens is 2. The van der Waals surface area contributed by atoms with Gasteiger partial charge in [-0.25, -0.2) is 18.4 Å². The van der Waals surface area contributed by atoms with Gasteiger partial charge in [-0.05, 0) is 30.3 Å². The quantitative estimate of drug-likeness (QED) is 0.267. The number of nitrogens with one attached hydrogen (secondary N) is 3. The molecule has 0 aliphatic carbocycles. The summed E-state index contributed by atoms with van der Waals surface area (Å²) in [7, 11) is -0.420. The van der Waals surface area contributed by atoms with Gasteiger partial charge in [0.1, 0.15) is 11.5 Å². The van der Waals surface area contributed by atoms with Crippen molar-refractivity contribution in [3.8, 4) is 11.5 Å². The first-order chi connectivity index (χ1) is 16.5. The van der Waals surface area contributed by atoms with Crippen molar-refractivity contribution in [3.63, 3.8) is 0 Å². The van der Waals surface area contributed by atoms with Gasteiger partial charge in [0.25, 0.3) is 10.0 Å². The van der Waals surface area contributed by atoms with Gasteiger partial charge < -0.3 is 20.1 Å². The number of thiazole rings is 2. The number of rotatable bonds is 11. The van der Waals surface area contributed by atoms with E-state index in [1.54, 1.807) is 37.9 Å². The van der Waals surface area contributed by atoms with Crippen LogP contribution in [0.1, 0.15) is 11.3 Å². The molecule has 0 aliphatic heterocycles. The number of ether oxygens (including phenoxy) is 2. The number of methoxy groups -OCH3 is 2. The highest BCUT2D eigenvalue weighted by atomic mass is 32.2. The second-order valence-electron chi connectivity index (χ2n) is 7.02. The van der Waals surface area contributed by atoms with Crippen LogP contribution in [0, 0.1) is 0 Å².